The van der Waals surface area contributed by atoms with E-state index in [2.05, 4.69) is 5.32 Å². The highest BCUT2D eigenvalue weighted by atomic mass is 16.4. The molecule has 0 bridgehead atoms. The summed E-state index contributed by atoms with van der Waals surface area (Å²) in [6.45, 7) is 1.72. The van der Waals surface area contributed by atoms with E-state index in [1.807, 2.05) is 0 Å². The van der Waals surface area contributed by atoms with E-state index in [9.17, 15) is 45.0 Å². The van der Waals surface area contributed by atoms with Gasteiger partial charge in [-0.2, -0.15) is 0 Å². The molecular formula is C27H36N4O9. The fourth-order valence-corrected chi connectivity index (χ4v) is 6.40. The largest absolute Gasteiger partial charge is 0.510 e. The number of hydrogen-bond donors (Lipinski definition) is 8. The van der Waals surface area contributed by atoms with Crippen molar-refractivity contribution in [2.24, 2.45) is 17.6 Å². The van der Waals surface area contributed by atoms with Crippen LogP contribution in [0.15, 0.2) is 34.8 Å². The highest BCUT2D eigenvalue weighted by molar-refractivity contribution is 6.25. The van der Waals surface area contributed by atoms with Crippen molar-refractivity contribution in [2.45, 2.75) is 36.6 Å². The number of Topliss-reactive ketones (excluding diaryl/α,β-unsaturated/α-hetero) is 2. The van der Waals surface area contributed by atoms with Crippen LogP contribution >= 0.6 is 0 Å². The molecule has 13 nitrogen and oxygen atoms in total. The fourth-order valence-electron chi connectivity index (χ4n) is 6.40. The van der Waals surface area contributed by atoms with Crippen molar-refractivity contribution in [2.75, 3.05) is 46.7 Å². The number of likely N-dealkylation sites (N-methyl/N-ethyl adjacent to an activating group) is 2. The number of carbonyl (C=O) groups is 3. The maximum Gasteiger partial charge on any atom is 0.255 e. The number of anilines is 1. The van der Waals surface area contributed by atoms with Gasteiger partial charge in [0.2, 0.25) is 5.78 Å². The number of rotatable bonds is 7. The van der Waals surface area contributed by atoms with Gasteiger partial charge in [0.25, 0.3) is 5.91 Å². The molecule has 0 heterocycles. The smallest absolute Gasteiger partial charge is 0.255 e. The van der Waals surface area contributed by atoms with Crippen LogP contribution in [0.1, 0.15) is 28.8 Å². The van der Waals surface area contributed by atoms with Crippen molar-refractivity contribution < 1.29 is 45.0 Å². The summed E-state index contributed by atoms with van der Waals surface area (Å²) >= 11 is 0. The number of phenols is 1. The Balaban J connectivity index is 1.90. The molecule has 1 aromatic carbocycles. The predicted molar refractivity (Wildman–Crippen MR) is 143 cm³/mol. The number of nitrogens with zero attached hydrogens (tertiary/aromatic N) is 2. The summed E-state index contributed by atoms with van der Waals surface area (Å²) in [7, 11) is 6.50. The molecule has 7 atom stereocenters. The van der Waals surface area contributed by atoms with Crippen LogP contribution in [0.3, 0.4) is 0 Å². The normalized spacial score (nSPS) is 30.8. The Kier molecular flexibility index (Phi) is 7.49. The summed E-state index contributed by atoms with van der Waals surface area (Å²) in [5.74, 6) is -9.36. The van der Waals surface area contributed by atoms with E-state index in [0.717, 1.165) is 0 Å². The minimum Gasteiger partial charge on any atom is -0.510 e. The number of phenolic OH excluding ortho intramolecular Hbond substituents is 1. The Bertz CT molecular complexity index is 1340. The number of nitrogens with two attached hydrogens (primary N) is 1. The van der Waals surface area contributed by atoms with E-state index in [1.54, 1.807) is 38.1 Å². The Hall–Kier alpha value is -3.49. The summed E-state index contributed by atoms with van der Waals surface area (Å²) in [5, 5.41) is 69.4. The second-order valence-corrected chi connectivity index (χ2v) is 11.2. The molecule has 1 amide bonds. The Morgan fingerprint density at radius 1 is 1.15 bits per heavy atom. The average Bonchev–Trinajstić information content (AvgIpc) is 2.86. The number of aliphatic hydroxyl groups is 5. The van der Waals surface area contributed by atoms with Crippen LogP contribution in [0.5, 0.6) is 5.75 Å². The third-order valence-electron chi connectivity index (χ3n) is 8.60. The molecule has 3 aliphatic rings. The Labute approximate surface area is 230 Å². The molecule has 40 heavy (non-hydrogen) atoms. The van der Waals surface area contributed by atoms with Gasteiger partial charge in [-0.15, -0.1) is 0 Å². The number of amides is 1. The number of carbonyl (C=O) groups excluding carboxylic acids is 3. The molecule has 0 aromatic heterocycles. The van der Waals surface area contributed by atoms with Crippen molar-refractivity contribution in [3.63, 3.8) is 0 Å². The lowest BCUT2D eigenvalue weighted by atomic mass is 9.55. The molecule has 13 heteroatoms. The summed E-state index contributed by atoms with van der Waals surface area (Å²) in [5.41, 5.74) is 1.31. The van der Waals surface area contributed by atoms with Gasteiger partial charge in [-0.1, -0.05) is 13.0 Å². The van der Waals surface area contributed by atoms with Gasteiger partial charge in [-0.25, -0.2) is 0 Å². The number of nitrogens with one attached hydrogen (secondary N) is 1. The molecule has 5 unspecified atom stereocenters. The molecular weight excluding hydrogens is 524 g/mol. The molecule has 4 rings (SSSR count). The van der Waals surface area contributed by atoms with Crippen LogP contribution in [0.2, 0.25) is 0 Å². The lowest BCUT2D eigenvalue weighted by molar-refractivity contribution is -0.162. The quantitative estimate of drug-likeness (QED) is 0.149. The van der Waals surface area contributed by atoms with Gasteiger partial charge in [-0.05, 0) is 45.7 Å². The fraction of sp³-hybridized carbons (Fsp3) is 0.519. The topological polar surface area (TPSA) is 217 Å². The van der Waals surface area contributed by atoms with Gasteiger partial charge in [0.15, 0.2) is 11.4 Å². The lowest BCUT2D eigenvalue weighted by Crippen LogP contribution is -2.68. The van der Waals surface area contributed by atoms with Crippen LogP contribution in [0, 0.1) is 11.8 Å². The minimum atomic E-state index is -2.96. The molecule has 1 aromatic rings. The van der Waals surface area contributed by atoms with Crippen molar-refractivity contribution in [1.29, 1.82) is 0 Å². The van der Waals surface area contributed by atoms with Crippen LogP contribution in [-0.2, 0) is 9.59 Å². The highest BCUT2D eigenvalue weighted by Crippen LogP contribution is 2.56. The van der Waals surface area contributed by atoms with Crippen molar-refractivity contribution >= 4 is 23.2 Å². The first-order valence-corrected chi connectivity index (χ1v) is 12.8. The first-order chi connectivity index (χ1) is 18.6. The van der Waals surface area contributed by atoms with Gasteiger partial charge in [0.05, 0.1) is 35.9 Å². The van der Waals surface area contributed by atoms with Crippen LogP contribution in [0.25, 0.3) is 0 Å². The van der Waals surface area contributed by atoms with E-state index in [4.69, 9.17) is 5.73 Å². The van der Waals surface area contributed by atoms with Gasteiger partial charge >= 0.3 is 0 Å². The zero-order chi connectivity index (χ0) is 30.0. The molecule has 218 valence electrons. The number of primary amides is 1. The van der Waals surface area contributed by atoms with Crippen LogP contribution in [0.4, 0.5) is 5.69 Å². The van der Waals surface area contributed by atoms with Gasteiger partial charge in [0.1, 0.15) is 22.8 Å². The molecule has 0 radical (unpaired) electrons. The lowest BCUT2D eigenvalue weighted by Gasteiger charge is -2.53. The number of aromatic hydroxyl groups is 1. The SMILES string of the molecule is CC1c2ccc(NCC(CO)N(C)C)c(O)c2C(=O)C2=C(O)[C@]3(O)C(=O)C(C(N)=O)=C(O)[C@@H](N(C)C)C3C(O)C21. The maximum atomic E-state index is 13.9. The highest BCUT2D eigenvalue weighted by Gasteiger charge is 2.67. The molecule has 0 saturated carbocycles. The van der Waals surface area contributed by atoms with Gasteiger partial charge < -0.3 is 46.6 Å². The first-order valence-electron chi connectivity index (χ1n) is 12.8. The van der Waals surface area contributed by atoms with Crippen molar-refractivity contribution in [3.05, 3.63) is 45.9 Å². The maximum absolute atomic E-state index is 13.9. The summed E-state index contributed by atoms with van der Waals surface area (Å²) < 4.78 is 0. The number of benzene rings is 1. The second-order valence-electron chi connectivity index (χ2n) is 11.2. The molecule has 3 aliphatic carbocycles. The predicted octanol–water partition coefficient (Wildman–Crippen LogP) is -1.01. The average molecular weight is 561 g/mol. The van der Waals surface area contributed by atoms with Crippen LogP contribution < -0.4 is 11.1 Å². The summed E-state index contributed by atoms with van der Waals surface area (Å²) in [6.07, 6.45) is -1.65. The van der Waals surface area contributed by atoms with Gasteiger partial charge in [-0.3, -0.25) is 19.3 Å². The standard InChI is InChI=1S/C27H36N4O9/c1-10-12-6-7-13(29-8-11(9-32)30(2)3)20(33)15(12)21(34)16-14(10)22(35)18-19(31(4)5)23(36)17(26(28)39)25(38)27(18,40)24(16)37/h6-7,10-11,14,18-19,22,29,32-33,35-37,40H,8-9H2,1-5H3,(H2,28,39)/t10?,11?,14?,18?,19-,22?,27-/m0/s1. The van der Waals surface area contributed by atoms with E-state index >= 15 is 0 Å². The Morgan fingerprint density at radius 3 is 2.30 bits per heavy atom. The molecule has 9 N–H and O–H groups in total. The number of hydrogen-bond acceptors (Lipinski definition) is 12. The van der Waals surface area contributed by atoms with E-state index in [-0.39, 0.29) is 30.4 Å². The number of aliphatic hydroxyl groups excluding tert-OH is 4. The second kappa shape index (κ2) is 10.2. The summed E-state index contributed by atoms with van der Waals surface area (Å²) in [6, 6.07) is 1.54. The summed E-state index contributed by atoms with van der Waals surface area (Å²) in [4.78, 5) is 42.6. The number of ketones is 2. The zero-order valence-corrected chi connectivity index (χ0v) is 22.9. The molecule has 0 spiro atoms. The van der Waals surface area contributed by atoms with E-state index < -0.39 is 81.4 Å². The Morgan fingerprint density at radius 2 is 1.77 bits per heavy atom. The minimum absolute atomic E-state index is 0.166. The molecule has 0 fully saturated rings. The monoisotopic (exact) mass is 560 g/mol. The van der Waals surface area contributed by atoms with Crippen molar-refractivity contribution in [3.8, 4) is 5.75 Å². The zero-order valence-electron chi connectivity index (χ0n) is 22.9. The van der Waals surface area contributed by atoms with Crippen LogP contribution in [-0.4, -0.2) is 123 Å². The number of fused-ring (bicyclic) bond motifs is 3. The third-order valence-corrected chi connectivity index (χ3v) is 8.60. The molecule has 0 aliphatic heterocycles. The van der Waals surface area contributed by atoms with E-state index in [0.29, 0.717) is 5.56 Å². The van der Waals surface area contributed by atoms with Crippen molar-refractivity contribution in [1.82, 2.24) is 9.80 Å². The van der Waals surface area contributed by atoms with Gasteiger partial charge in [0, 0.05) is 24.1 Å². The first kappa shape index (κ1) is 29.5. The third kappa shape index (κ3) is 3.99. The van der Waals surface area contributed by atoms with E-state index in [1.165, 1.54) is 19.0 Å². The molecule has 0 saturated heterocycles.